The molecule has 0 fully saturated rings. The standard InChI is InChI=1S/C12H22N4O2/c1-17-9-10(18-2)7-13-8-12-15-14-11-5-3-4-6-16(11)12/h10,13H,3-9H2,1-2H3. The fourth-order valence-corrected chi connectivity index (χ4v) is 2.24. The molecule has 0 spiro atoms. The summed E-state index contributed by atoms with van der Waals surface area (Å²) in [6.07, 6.45) is 3.59. The lowest BCUT2D eigenvalue weighted by Gasteiger charge is -2.17. The first-order valence-corrected chi connectivity index (χ1v) is 6.48. The molecule has 6 heteroatoms. The number of fused-ring (bicyclic) bond motifs is 1. The van der Waals surface area contributed by atoms with E-state index in [0.717, 1.165) is 37.7 Å². The fraction of sp³-hybridized carbons (Fsp3) is 0.833. The number of ether oxygens (including phenoxy) is 2. The number of rotatable bonds is 7. The zero-order valence-electron chi connectivity index (χ0n) is 11.2. The first-order valence-electron chi connectivity index (χ1n) is 6.48. The predicted octanol–water partition coefficient (Wildman–Crippen LogP) is 0.365. The van der Waals surface area contributed by atoms with Crippen LogP contribution in [0.4, 0.5) is 0 Å². The Morgan fingerprint density at radius 2 is 2.22 bits per heavy atom. The van der Waals surface area contributed by atoms with Crippen LogP contribution in [-0.2, 0) is 29.0 Å². The van der Waals surface area contributed by atoms with Gasteiger partial charge in [0.25, 0.3) is 0 Å². The summed E-state index contributed by atoms with van der Waals surface area (Å²) < 4.78 is 12.6. The number of hydrogen-bond acceptors (Lipinski definition) is 5. The third-order valence-corrected chi connectivity index (χ3v) is 3.28. The molecule has 0 radical (unpaired) electrons. The first-order chi connectivity index (χ1) is 8.85. The number of aryl methyl sites for hydroxylation is 1. The van der Waals surface area contributed by atoms with Crippen LogP contribution in [0.5, 0.6) is 0 Å². The average molecular weight is 254 g/mol. The third-order valence-electron chi connectivity index (χ3n) is 3.28. The van der Waals surface area contributed by atoms with E-state index in [-0.39, 0.29) is 6.10 Å². The highest BCUT2D eigenvalue weighted by atomic mass is 16.5. The smallest absolute Gasteiger partial charge is 0.147 e. The van der Waals surface area contributed by atoms with E-state index < -0.39 is 0 Å². The maximum Gasteiger partial charge on any atom is 0.147 e. The minimum absolute atomic E-state index is 0.0822. The van der Waals surface area contributed by atoms with Crippen molar-refractivity contribution in [3.8, 4) is 0 Å². The van der Waals surface area contributed by atoms with Gasteiger partial charge in [-0.15, -0.1) is 10.2 Å². The van der Waals surface area contributed by atoms with Gasteiger partial charge in [0.2, 0.25) is 0 Å². The van der Waals surface area contributed by atoms with Crippen molar-refractivity contribution < 1.29 is 9.47 Å². The second kappa shape index (κ2) is 6.82. The van der Waals surface area contributed by atoms with Gasteiger partial charge in [0.05, 0.1) is 19.3 Å². The lowest BCUT2D eigenvalue weighted by molar-refractivity contribution is 0.0286. The lowest BCUT2D eigenvalue weighted by Crippen LogP contribution is -2.32. The van der Waals surface area contributed by atoms with E-state index in [9.17, 15) is 0 Å². The second-order valence-corrected chi connectivity index (χ2v) is 4.59. The van der Waals surface area contributed by atoms with Gasteiger partial charge in [-0.2, -0.15) is 0 Å². The van der Waals surface area contributed by atoms with Gasteiger partial charge in [-0.3, -0.25) is 0 Å². The van der Waals surface area contributed by atoms with E-state index in [4.69, 9.17) is 9.47 Å². The Hall–Kier alpha value is -0.980. The summed E-state index contributed by atoms with van der Waals surface area (Å²) in [4.78, 5) is 0. The third kappa shape index (κ3) is 3.28. The summed E-state index contributed by atoms with van der Waals surface area (Å²) in [5.74, 6) is 2.15. The molecular weight excluding hydrogens is 232 g/mol. The van der Waals surface area contributed by atoms with Crippen LogP contribution in [0.25, 0.3) is 0 Å². The molecule has 1 aliphatic heterocycles. The molecule has 1 N–H and O–H groups in total. The minimum Gasteiger partial charge on any atom is -0.382 e. The Balaban J connectivity index is 1.81. The number of nitrogens with zero attached hydrogens (tertiary/aromatic N) is 3. The van der Waals surface area contributed by atoms with Crippen molar-refractivity contribution >= 4 is 0 Å². The quantitative estimate of drug-likeness (QED) is 0.761. The van der Waals surface area contributed by atoms with Crippen molar-refractivity contribution in [3.63, 3.8) is 0 Å². The molecule has 0 aliphatic carbocycles. The zero-order valence-corrected chi connectivity index (χ0v) is 11.2. The van der Waals surface area contributed by atoms with Crippen molar-refractivity contribution in [1.82, 2.24) is 20.1 Å². The van der Waals surface area contributed by atoms with Crippen LogP contribution in [0.3, 0.4) is 0 Å². The van der Waals surface area contributed by atoms with E-state index in [1.807, 2.05) is 0 Å². The summed E-state index contributed by atoms with van der Waals surface area (Å²) in [5.41, 5.74) is 0. The minimum atomic E-state index is 0.0822. The van der Waals surface area contributed by atoms with Gasteiger partial charge in [-0.1, -0.05) is 0 Å². The van der Waals surface area contributed by atoms with Crippen molar-refractivity contribution in [2.75, 3.05) is 27.4 Å². The van der Waals surface area contributed by atoms with Gasteiger partial charge in [-0.25, -0.2) is 0 Å². The molecule has 0 aromatic carbocycles. The Kier molecular flexibility index (Phi) is 5.10. The fourth-order valence-electron chi connectivity index (χ4n) is 2.24. The number of methoxy groups -OCH3 is 2. The molecule has 1 unspecified atom stereocenters. The van der Waals surface area contributed by atoms with E-state index in [2.05, 4.69) is 20.1 Å². The molecule has 102 valence electrons. The molecular formula is C12H22N4O2. The molecule has 0 saturated heterocycles. The predicted molar refractivity (Wildman–Crippen MR) is 67.3 cm³/mol. The number of aromatic nitrogens is 3. The Morgan fingerprint density at radius 1 is 1.33 bits per heavy atom. The topological polar surface area (TPSA) is 61.2 Å². The van der Waals surface area contributed by atoms with Crippen LogP contribution in [0.1, 0.15) is 24.5 Å². The highest BCUT2D eigenvalue weighted by Crippen LogP contribution is 2.13. The molecule has 1 aromatic rings. The lowest BCUT2D eigenvalue weighted by atomic mass is 10.2. The van der Waals surface area contributed by atoms with Gasteiger partial charge >= 0.3 is 0 Å². The zero-order chi connectivity index (χ0) is 12.8. The van der Waals surface area contributed by atoms with Crippen molar-refractivity contribution in [2.24, 2.45) is 0 Å². The first kappa shape index (κ1) is 13.5. The van der Waals surface area contributed by atoms with Crippen LogP contribution >= 0.6 is 0 Å². The molecule has 1 aromatic heterocycles. The van der Waals surface area contributed by atoms with Crippen LogP contribution in [-0.4, -0.2) is 48.2 Å². The van der Waals surface area contributed by atoms with Crippen molar-refractivity contribution in [3.05, 3.63) is 11.6 Å². The normalized spacial score (nSPS) is 16.6. The van der Waals surface area contributed by atoms with Gasteiger partial charge in [-0.05, 0) is 12.8 Å². The molecule has 6 nitrogen and oxygen atoms in total. The van der Waals surface area contributed by atoms with Crippen LogP contribution in [0, 0.1) is 0 Å². The summed E-state index contributed by atoms with van der Waals surface area (Å²) in [7, 11) is 3.38. The molecule has 0 amide bonds. The molecule has 2 heterocycles. The molecule has 1 atom stereocenters. The van der Waals surface area contributed by atoms with Crippen LogP contribution < -0.4 is 5.32 Å². The van der Waals surface area contributed by atoms with Gasteiger partial charge in [0.1, 0.15) is 11.6 Å². The maximum absolute atomic E-state index is 5.29. The Morgan fingerprint density at radius 3 is 3.00 bits per heavy atom. The summed E-state index contributed by atoms with van der Waals surface area (Å²) >= 11 is 0. The van der Waals surface area contributed by atoms with Crippen LogP contribution in [0.2, 0.25) is 0 Å². The Bertz CT molecular complexity index is 367. The number of hydrogen-bond donors (Lipinski definition) is 1. The molecule has 18 heavy (non-hydrogen) atoms. The Labute approximate surface area is 108 Å². The van der Waals surface area contributed by atoms with Crippen molar-refractivity contribution in [1.29, 1.82) is 0 Å². The maximum atomic E-state index is 5.29. The molecule has 2 rings (SSSR count). The largest absolute Gasteiger partial charge is 0.382 e. The van der Waals surface area contributed by atoms with Gasteiger partial charge in [0.15, 0.2) is 0 Å². The SMILES string of the molecule is COCC(CNCc1nnc2n1CCCC2)OC. The van der Waals surface area contributed by atoms with Gasteiger partial charge < -0.3 is 19.4 Å². The molecule has 0 saturated carbocycles. The van der Waals surface area contributed by atoms with E-state index >= 15 is 0 Å². The summed E-state index contributed by atoms with van der Waals surface area (Å²) in [6.45, 7) is 3.13. The highest BCUT2D eigenvalue weighted by molar-refractivity contribution is 4.98. The van der Waals surface area contributed by atoms with E-state index in [0.29, 0.717) is 6.61 Å². The number of nitrogens with one attached hydrogen (secondary N) is 1. The van der Waals surface area contributed by atoms with Crippen LogP contribution in [0.15, 0.2) is 0 Å². The molecule has 0 bridgehead atoms. The van der Waals surface area contributed by atoms with Crippen molar-refractivity contribution in [2.45, 2.75) is 38.5 Å². The summed E-state index contributed by atoms with van der Waals surface area (Å²) in [5, 5.41) is 11.8. The highest BCUT2D eigenvalue weighted by Gasteiger charge is 2.15. The summed E-state index contributed by atoms with van der Waals surface area (Å²) in [6, 6.07) is 0. The molecule has 1 aliphatic rings. The average Bonchev–Trinajstić information content (AvgIpc) is 2.81. The second-order valence-electron chi connectivity index (χ2n) is 4.59. The monoisotopic (exact) mass is 254 g/mol. The van der Waals surface area contributed by atoms with E-state index in [1.165, 1.54) is 12.8 Å². The van der Waals surface area contributed by atoms with E-state index in [1.54, 1.807) is 14.2 Å². The van der Waals surface area contributed by atoms with Gasteiger partial charge in [0, 0.05) is 33.7 Å².